The number of hydrogen-bond donors (Lipinski definition) is 12. The quantitative estimate of drug-likeness (QED) is 0.0172. The molecule has 0 saturated heterocycles. The Kier molecular flexibility index (Phi) is 34.0. The average Bonchev–Trinajstić information content (AvgIpc) is 3.24. The standard InChI is InChI=1S/C40H84N14O6/c41-21-7-1-15-29(47)35(55)37(57)33(19-5-11-25-45)53(39(59)31(49)17-3-9-23-43)51-27-13-14-28-52-54(40(60)32(50)18-4-10-24-44)34(20-6-12-26-46)38(58)36(56)30(48)16-2-8-22-42/h29-34,51-52H,1-28,41-50H2/t29-,30-,31-,32-,33-,34-/m0/s1. The number of carbonyl (C=O) groups excluding carboxylic acids is 6. The zero-order valence-electron chi connectivity index (χ0n) is 36.4. The minimum atomic E-state index is -1.18. The summed E-state index contributed by atoms with van der Waals surface area (Å²) >= 11 is 0. The summed E-state index contributed by atoms with van der Waals surface area (Å²) in [6.07, 6.45) is 9.28. The van der Waals surface area contributed by atoms with Crippen LogP contribution in [0.4, 0.5) is 0 Å². The third-order valence-corrected chi connectivity index (χ3v) is 10.4. The molecule has 0 aromatic rings. The molecule has 6 atom stereocenters. The van der Waals surface area contributed by atoms with Gasteiger partial charge in [0.05, 0.1) is 24.2 Å². The lowest BCUT2D eigenvalue weighted by Crippen LogP contribution is -2.60. The van der Waals surface area contributed by atoms with Gasteiger partial charge in [-0.3, -0.25) is 38.8 Å². The third kappa shape index (κ3) is 22.8. The first kappa shape index (κ1) is 57.1. The van der Waals surface area contributed by atoms with Crippen LogP contribution >= 0.6 is 0 Å². The number of Topliss-reactive ketones (excluding diaryl/α,β-unsaturated/α-hetero) is 4. The van der Waals surface area contributed by atoms with Crippen LogP contribution in [-0.4, -0.2) is 134 Å². The fourth-order valence-electron chi connectivity index (χ4n) is 6.65. The maximum absolute atomic E-state index is 13.9. The predicted octanol–water partition coefficient (Wildman–Crippen LogP) is -2.47. The van der Waals surface area contributed by atoms with Gasteiger partial charge in [-0.1, -0.05) is 25.7 Å². The molecule has 0 heterocycles. The molecular weight excluding hydrogens is 773 g/mol. The van der Waals surface area contributed by atoms with Crippen molar-refractivity contribution >= 4 is 34.9 Å². The Balaban J connectivity index is 6.35. The first-order valence-corrected chi connectivity index (χ1v) is 22.3. The number of amides is 2. The van der Waals surface area contributed by atoms with Gasteiger partial charge in [-0.05, 0) is 142 Å². The van der Waals surface area contributed by atoms with Gasteiger partial charge in [-0.2, -0.15) is 0 Å². The van der Waals surface area contributed by atoms with E-state index in [2.05, 4.69) is 10.9 Å². The van der Waals surface area contributed by atoms with Crippen LogP contribution < -0.4 is 68.2 Å². The van der Waals surface area contributed by atoms with E-state index >= 15 is 0 Å². The lowest BCUT2D eigenvalue weighted by atomic mass is 9.95. The summed E-state index contributed by atoms with van der Waals surface area (Å²) in [5.41, 5.74) is 65.1. The molecule has 2 amide bonds. The largest absolute Gasteiger partial charge is 0.330 e. The molecular formula is C40H84N14O6. The smallest absolute Gasteiger partial charge is 0.254 e. The normalized spacial score (nSPS) is 14.5. The second-order valence-corrected chi connectivity index (χ2v) is 15.6. The van der Waals surface area contributed by atoms with Crippen molar-refractivity contribution in [3.05, 3.63) is 0 Å². The number of carbonyl (C=O) groups is 6. The third-order valence-electron chi connectivity index (χ3n) is 10.4. The Bertz CT molecular complexity index is 1130. The summed E-state index contributed by atoms with van der Waals surface area (Å²) in [7, 11) is 0. The molecule has 0 aliphatic carbocycles. The summed E-state index contributed by atoms with van der Waals surface area (Å²) in [5.74, 6) is -4.24. The first-order valence-electron chi connectivity index (χ1n) is 22.3. The van der Waals surface area contributed by atoms with Crippen LogP contribution in [0.5, 0.6) is 0 Å². The van der Waals surface area contributed by atoms with Crippen LogP contribution in [0.25, 0.3) is 0 Å². The lowest BCUT2D eigenvalue weighted by molar-refractivity contribution is -0.149. The van der Waals surface area contributed by atoms with E-state index in [0.29, 0.717) is 142 Å². The molecule has 0 saturated carbocycles. The van der Waals surface area contributed by atoms with Gasteiger partial charge in [0.15, 0.2) is 0 Å². The van der Waals surface area contributed by atoms with E-state index in [-0.39, 0.29) is 38.8 Å². The molecule has 0 unspecified atom stereocenters. The van der Waals surface area contributed by atoms with E-state index in [1.165, 1.54) is 10.0 Å². The van der Waals surface area contributed by atoms with Crippen LogP contribution in [0.3, 0.4) is 0 Å². The molecule has 0 aromatic carbocycles. The maximum Gasteiger partial charge on any atom is 0.254 e. The molecule has 20 nitrogen and oxygen atoms in total. The highest BCUT2D eigenvalue weighted by Gasteiger charge is 2.38. The number of hydrogen-bond acceptors (Lipinski definition) is 18. The molecule has 0 radical (unpaired) electrons. The number of nitrogens with one attached hydrogen (secondary N) is 2. The fraction of sp³-hybridized carbons (Fsp3) is 0.850. The number of nitrogens with zero attached hydrogens (tertiary/aromatic N) is 2. The van der Waals surface area contributed by atoms with Crippen molar-refractivity contribution in [3.63, 3.8) is 0 Å². The second kappa shape index (κ2) is 35.7. The zero-order chi connectivity index (χ0) is 45.3. The molecule has 350 valence electrons. The maximum atomic E-state index is 13.9. The number of unbranched alkanes of at least 4 members (excludes halogenated alkanes) is 7. The fourth-order valence-corrected chi connectivity index (χ4v) is 6.65. The van der Waals surface area contributed by atoms with E-state index < -0.39 is 71.2 Å². The SMILES string of the molecule is NCCCC[C@H](N)C(=O)C(=O)[C@H](CCCCN)N(NCCCCNN(C(=O)[C@@H](N)CCCCN)[C@@H](CCCCN)C(=O)C(=O)[C@@H](N)CCCCN)C(=O)[C@@H](N)CCCCN. The summed E-state index contributed by atoms with van der Waals surface area (Å²) in [4.78, 5) is 82.1. The topological polar surface area (TPSA) is 393 Å². The molecule has 0 aliphatic heterocycles. The van der Waals surface area contributed by atoms with Gasteiger partial charge in [-0.25, -0.2) is 10.9 Å². The highest BCUT2D eigenvalue weighted by atomic mass is 16.2. The van der Waals surface area contributed by atoms with E-state index in [0.717, 1.165) is 0 Å². The highest BCUT2D eigenvalue weighted by molar-refractivity contribution is 6.41. The highest BCUT2D eigenvalue weighted by Crippen LogP contribution is 2.16. The van der Waals surface area contributed by atoms with Gasteiger partial charge in [-0.15, -0.1) is 0 Å². The number of hydrazine groups is 2. The monoisotopic (exact) mass is 857 g/mol. The van der Waals surface area contributed by atoms with Crippen LogP contribution in [0.2, 0.25) is 0 Å². The van der Waals surface area contributed by atoms with Crippen LogP contribution in [-0.2, 0) is 28.8 Å². The number of ketones is 4. The Morgan fingerprint density at radius 2 is 0.583 bits per heavy atom. The summed E-state index contributed by atoms with van der Waals surface area (Å²) < 4.78 is 0. The van der Waals surface area contributed by atoms with Gasteiger partial charge in [0, 0.05) is 13.1 Å². The molecule has 0 fully saturated rings. The minimum absolute atomic E-state index is 0.157. The predicted molar refractivity (Wildman–Crippen MR) is 236 cm³/mol. The van der Waals surface area contributed by atoms with E-state index in [1.54, 1.807) is 0 Å². The Hall–Kier alpha value is -2.86. The van der Waals surface area contributed by atoms with Gasteiger partial charge >= 0.3 is 0 Å². The van der Waals surface area contributed by atoms with Crippen molar-refractivity contribution in [2.75, 3.05) is 52.4 Å². The molecule has 20 heteroatoms. The first-order chi connectivity index (χ1) is 28.8. The van der Waals surface area contributed by atoms with Crippen molar-refractivity contribution in [2.45, 2.75) is 165 Å². The van der Waals surface area contributed by atoms with Crippen molar-refractivity contribution in [2.24, 2.45) is 57.3 Å². The van der Waals surface area contributed by atoms with Gasteiger partial charge in [0.2, 0.25) is 23.1 Å². The van der Waals surface area contributed by atoms with Crippen molar-refractivity contribution < 1.29 is 28.8 Å². The molecule has 22 N–H and O–H groups in total. The van der Waals surface area contributed by atoms with Crippen molar-refractivity contribution in [1.29, 1.82) is 0 Å². The lowest BCUT2D eigenvalue weighted by Gasteiger charge is -2.34. The Morgan fingerprint density at radius 3 is 0.850 bits per heavy atom. The molecule has 0 spiro atoms. The second-order valence-electron chi connectivity index (χ2n) is 15.6. The molecule has 0 rings (SSSR count). The minimum Gasteiger partial charge on any atom is -0.330 e. The van der Waals surface area contributed by atoms with Crippen LogP contribution in [0.1, 0.15) is 128 Å². The Morgan fingerprint density at radius 1 is 0.333 bits per heavy atom. The van der Waals surface area contributed by atoms with Crippen molar-refractivity contribution in [1.82, 2.24) is 20.9 Å². The van der Waals surface area contributed by atoms with Crippen LogP contribution in [0, 0.1) is 0 Å². The molecule has 0 aromatic heterocycles. The van der Waals surface area contributed by atoms with Gasteiger partial charge < -0.3 is 57.3 Å². The van der Waals surface area contributed by atoms with Gasteiger partial charge in [0.25, 0.3) is 11.8 Å². The average molecular weight is 857 g/mol. The van der Waals surface area contributed by atoms with Crippen molar-refractivity contribution in [3.8, 4) is 0 Å². The summed E-state index contributed by atoms with van der Waals surface area (Å²) in [6.45, 7) is 2.76. The van der Waals surface area contributed by atoms with E-state index in [4.69, 9.17) is 57.3 Å². The zero-order valence-corrected chi connectivity index (χ0v) is 36.4. The molecule has 0 bridgehead atoms. The molecule has 60 heavy (non-hydrogen) atoms. The van der Waals surface area contributed by atoms with E-state index in [1.807, 2.05) is 0 Å². The van der Waals surface area contributed by atoms with E-state index in [9.17, 15) is 28.8 Å². The summed E-state index contributed by atoms with van der Waals surface area (Å²) in [5, 5.41) is 2.35. The van der Waals surface area contributed by atoms with Crippen LogP contribution in [0.15, 0.2) is 0 Å². The van der Waals surface area contributed by atoms with Gasteiger partial charge in [0.1, 0.15) is 12.1 Å². The Labute approximate surface area is 358 Å². The summed E-state index contributed by atoms with van der Waals surface area (Å²) in [6, 6.07) is -6.39. The number of nitrogens with two attached hydrogens (primary N) is 10. The number of rotatable bonds is 41. The molecule has 0 aliphatic rings.